The van der Waals surface area contributed by atoms with Crippen LogP contribution in [0.4, 0.5) is 0 Å². The monoisotopic (exact) mass is 309 g/mol. The van der Waals surface area contributed by atoms with Gasteiger partial charge in [-0.3, -0.25) is 4.90 Å². The van der Waals surface area contributed by atoms with E-state index in [1.165, 1.54) is 63.5 Å². The maximum Gasteiger partial charge on any atom is 0.0351 e. The largest absolute Gasteiger partial charge is 0.298 e. The molecule has 1 aromatic carbocycles. The molecule has 1 aromatic rings. The van der Waals surface area contributed by atoms with Gasteiger partial charge < -0.3 is 0 Å². The highest BCUT2D eigenvalue weighted by molar-refractivity contribution is 6.18. The Labute approximate surface area is 136 Å². The fraction of sp³-hybridized carbons (Fsp3) is 0.684. The molecule has 0 saturated carbocycles. The van der Waals surface area contributed by atoms with Gasteiger partial charge in [0, 0.05) is 19.0 Å². The average molecular weight is 310 g/mol. The van der Waals surface area contributed by atoms with Gasteiger partial charge in [-0.25, -0.2) is 0 Å². The molecule has 0 radical (unpaired) electrons. The number of unbranched alkanes of at least 4 members (excludes halogenated alkanes) is 7. The van der Waals surface area contributed by atoms with Crippen LogP contribution in [0.25, 0.3) is 0 Å². The molecule has 21 heavy (non-hydrogen) atoms. The molecule has 0 fully saturated rings. The third-order valence-corrected chi connectivity index (χ3v) is 4.15. The van der Waals surface area contributed by atoms with E-state index < -0.39 is 0 Å². The average Bonchev–Trinajstić information content (AvgIpc) is 2.51. The minimum Gasteiger partial charge on any atom is -0.298 e. The predicted octanol–water partition coefficient (Wildman–Crippen LogP) is 5.87. The van der Waals surface area contributed by atoms with Crippen LogP contribution < -0.4 is 0 Å². The van der Waals surface area contributed by atoms with E-state index in [0.717, 1.165) is 19.0 Å². The van der Waals surface area contributed by atoms with Crippen molar-refractivity contribution in [2.45, 2.75) is 64.8 Å². The van der Waals surface area contributed by atoms with Crippen LogP contribution in [0.3, 0.4) is 0 Å². The second kappa shape index (κ2) is 13.2. The Hall–Kier alpha value is -0.530. The van der Waals surface area contributed by atoms with Gasteiger partial charge in [0.1, 0.15) is 0 Å². The van der Waals surface area contributed by atoms with Gasteiger partial charge >= 0.3 is 0 Å². The Kier molecular flexibility index (Phi) is 11.6. The number of benzene rings is 1. The molecule has 0 aliphatic carbocycles. The van der Waals surface area contributed by atoms with E-state index >= 15 is 0 Å². The molecule has 0 saturated heterocycles. The smallest absolute Gasteiger partial charge is 0.0351 e. The van der Waals surface area contributed by atoms with Crippen molar-refractivity contribution in [2.24, 2.45) is 0 Å². The highest BCUT2D eigenvalue weighted by Gasteiger charge is 2.04. The summed E-state index contributed by atoms with van der Waals surface area (Å²) in [6, 6.07) is 10.7. The number of halogens is 1. The van der Waals surface area contributed by atoms with Crippen molar-refractivity contribution in [2.75, 3.05) is 19.0 Å². The van der Waals surface area contributed by atoms with Gasteiger partial charge in [-0.15, -0.1) is 11.6 Å². The Bertz CT molecular complexity index is 326. The van der Waals surface area contributed by atoms with E-state index in [1.54, 1.807) is 0 Å². The molecule has 120 valence electrons. The third kappa shape index (κ3) is 9.92. The molecule has 0 spiro atoms. The molecule has 0 aliphatic heterocycles. The SMILES string of the molecule is CCCCCCCCCCN(CCCl)Cc1ccccc1. The summed E-state index contributed by atoms with van der Waals surface area (Å²) in [7, 11) is 0. The number of hydrogen-bond acceptors (Lipinski definition) is 1. The molecule has 0 heterocycles. The van der Waals surface area contributed by atoms with Gasteiger partial charge in [-0.05, 0) is 18.5 Å². The van der Waals surface area contributed by atoms with Crippen LogP contribution in [0, 0.1) is 0 Å². The lowest BCUT2D eigenvalue weighted by Crippen LogP contribution is -2.26. The minimum absolute atomic E-state index is 0.726. The highest BCUT2D eigenvalue weighted by atomic mass is 35.5. The van der Waals surface area contributed by atoms with Crippen molar-refractivity contribution in [3.63, 3.8) is 0 Å². The normalized spacial score (nSPS) is 11.2. The summed E-state index contributed by atoms with van der Waals surface area (Å²) in [5.41, 5.74) is 1.39. The highest BCUT2D eigenvalue weighted by Crippen LogP contribution is 2.10. The summed E-state index contributed by atoms with van der Waals surface area (Å²) in [5, 5.41) is 0. The number of alkyl halides is 1. The van der Waals surface area contributed by atoms with Crippen LogP contribution in [0.5, 0.6) is 0 Å². The van der Waals surface area contributed by atoms with Gasteiger partial charge in [0.05, 0.1) is 0 Å². The van der Waals surface area contributed by atoms with Gasteiger partial charge in [-0.2, -0.15) is 0 Å². The summed E-state index contributed by atoms with van der Waals surface area (Å²) < 4.78 is 0. The molecular formula is C19H32ClN. The summed E-state index contributed by atoms with van der Waals surface area (Å²) in [4.78, 5) is 2.49. The second-order valence-electron chi connectivity index (χ2n) is 5.93. The predicted molar refractivity (Wildman–Crippen MR) is 95.0 cm³/mol. The van der Waals surface area contributed by atoms with Gasteiger partial charge in [-0.1, -0.05) is 82.2 Å². The molecule has 0 aliphatic rings. The van der Waals surface area contributed by atoms with Gasteiger partial charge in [0.25, 0.3) is 0 Å². The Balaban J connectivity index is 2.11. The minimum atomic E-state index is 0.726. The summed E-state index contributed by atoms with van der Waals surface area (Å²) in [6.07, 6.45) is 11.1. The van der Waals surface area contributed by atoms with Crippen molar-refractivity contribution >= 4 is 11.6 Å². The molecule has 0 amide bonds. The van der Waals surface area contributed by atoms with E-state index in [4.69, 9.17) is 11.6 Å². The molecule has 0 aromatic heterocycles. The first-order chi connectivity index (χ1) is 10.4. The lowest BCUT2D eigenvalue weighted by Gasteiger charge is -2.21. The lowest BCUT2D eigenvalue weighted by atomic mass is 10.1. The molecule has 0 bridgehead atoms. The topological polar surface area (TPSA) is 3.24 Å². The van der Waals surface area contributed by atoms with Crippen LogP contribution >= 0.6 is 11.6 Å². The van der Waals surface area contributed by atoms with Crippen LogP contribution in [-0.4, -0.2) is 23.9 Å². The molecule has 0 atom stereocenters. The molecule has 0 N–H and O–H groups in total. The Morgan fingerprint density at radius 3 is 2.05 bits per heavy atom. The maximum absolute atomic E-state index is 5.93. The fourth-order valence-electron chi connectivity index (χ4n) is 2.70. The van der Waals surface area contributed by atoms with E-state index in [2.05, 4.69) is 42.2 Å². The standard InChI is InChI=1S/C19H32ClN/c1-2-3-4-5-6-7-8-12-16-21(17-15-20)18-19-13-10-9-11-14-19/h9-11,13-14H,2-8,12,15-18H2,1H3. The molecule has 0 unspecified atom stereocenters. The Morgan fingerprint density at radius 2 is 1.43 bits per heavy atom. The van der Waals surface area contributed by atoms with E-state index in [-0.39, 0.29) is 0 Å². The first kappa shape index (κ1) is 18.5. The molecule has 1 rings (SSSR count). The van der Waals surface area contributed by atoms with Crippen LogP contribution in [0.2, 0.25) is 0 Å². The first-order valence-corrected chi connectivity index (χ1v) is 9.22. The number of nitrogens with zero attached hydrogens (tertiary/aromatic N) is 1. The number of hydrogen-bond donors (Lipinski definition) is 0. The van der Waals surface area contributed by atoms with Gasteiger partial charge in [0.2, 0.25) is 0 Å². The summed E-state index contributed by atoms with van der Waals surface area (Å²) >= 11 is 5.93. The maximum atomic E-state index is 5.93. The molecule has 1 nitrogen and oxygen atoms in total. The van der Waals surface area contributed by atoms with Crippen molar-refractivity contribution in [1.82, 2.24) is 4.90 Å². The van der Waals surface area contributed by atoms with Crippen LogP contribution in [0.15, 0.2) is 30.3 Å². The van der Waals surface area contributed by atoms with E-state index in [9.17, 15) is 0 Å². The van der Waals surface area contributed by atoms with Crippen molar-refractivity contribution in [1.29, 1.82) is 0 Å². The van der Waals surface area contributed by atoms with Gasteiger partial charge in [0.15, 0.2) is 0 Å². The van der Waals surface area contributed by atoms with Crippen molar-refractivity contribution in [3.8, 4) is 0 Å². The first-order valence-electron chi connectivity index (χ1n) is 8.69. The van der Waals surface area contributed by atoms with E-state index in [1.807, 2.05) is 0 Å². The second-order valence-corrected chi connectivity index (χ2v) is 6.30. The number of rotatable bonds is 13. The Morgan fingerprint density at radius 1 is 0.810 bits per heavy atom. The zero-order valence-corrected chi connectivity index (χ0v) is 14.5. The quantitative estimate of drug-likeness (QED) is 0.325. The molecular weight excluding hydrogens is 278 g/mol. The summed E-state index contributed by atoms with van der Waals surface area (Å²) in [6.45, 7) is 5.48. The zero-order chi connectivity index (χ0) is 15.2. The summed E-state index contributed by atoms with van der Waals surface area (Å²) in [5.74, 6) is 0.726. The van der Waals surface area contributed by atoms with Crippen molar-refractivity contribution < 1.29 is 0 Å². The van der Waals surface area contributed by atoms with Crippen molar-refractivity contribution in [3.05, 3.63) is 35.9 Å². The third-order valence-electron chi connectivity index (χ3n) is 3.98. The zero-order valence-electron chi connectivity index (χ0n) is 13.7. The van der Waals surface area contributed by atoms with Crippen LogP contribution in [0.1, 0.15) is 63.9 Å². The van der Waals surface area contributed by atoms with Crippen LogP contribution in [-0.2, 0) is 6.54 Å². The van der Waals surface area contributed by atoms with E-state index in [0.29, 0.717) is 0 Å². The fourth-order valence-corrected chi connectivity index (χ4v) is 2.94. The lowest BCUT2D eigenvalue weighted by molar-refractivity contribution is 0.274. The molecule has 2 heteroatoms.